The molecule has 1 saturated heterocycles. The Morgan fingerprint density at radius 1 is 1.50 bits per heavy atom. The van der Waals surface area contributed by atoms with E-state index in [2.05, 4.69) is 34.9 Å². The zero-order chi connectivity index (χ0) is 14.7. The zero-order valence-corrected chi connectivity index (χ0v) is 13.7. The average molecular weight is 343 g/mol. The van der Waals surface area contributed by atoms with E-state index < -0.39 is 0 Å². The third-order valence-corrected chi connectivity index (χ3v) is 4.17. The molecule has 1 aliphatic rings. The number of hydrogen-bond donors (Lipinski definition) is 1. The topological polar surface area (TPSA) is 64.2 Å². The van der Waals surface area contributed by atoms with Crippen molar-refractivity contribution in [2.45, 2.75) is 45.2 Å². The quantitative estimate of drug-likeness (QED) is 0.911. The molecule has 1 fully saturated rings. The van der Waals surface area contributed by atoms with E-state index in [-0.39, 0.29) is 11.9 Å². The lowest BCUT2D eigenvalue weighted by Gasteiger charge is -2.33. The molecule has 1 aromatic rings. The molecule has 2 heterocycles. The van der Waals surface area contributed by atoms with Crippen LogP contribution in [0.4, 0.5) is 0 Å². The Bertz CT molecular complexity index is 452. The van der Waals surface area contributed by atoms with Crippen molar-refractivity contribution < 1.29 is 4.79 Å². The molecule has 0 aromatic carbocycles. The molecule has 0 bridgehead atoms. The van der Waals surface area contributed by atoms with E-state index in [1.165, 1.54) is 0 Å². The highest BCUT2D eigenvalue weighted by atomic mass is 79.9. The molecule has 1 aromatic heterocycles. The summed E-state index contributed by atoms with van der Waals surface area (Å²) in [5, 5.41) is 4.33. The number of likely N-dealkylation sites (tertiary alicyclic amines) is 1. The number of hydrogen-bond acceptors (Lipinski definition) is 3. The molecule has 0 unspecified atom stereocenters. The molecule has 0 radical (unpaired) electrons. The van der Waals surface area contributed by atoms with Gasteiger partial charge in [0.25, 0.3) is 0 Å². The maximum atomic E-state index is 12.3. The number of halogens is 1. The first-order valence-corrected chi connectivity index (χ1v) is 8.00. The number of aromatic nitrogens is 2. The summed E-state index contributed by atoms with van der Waals surface area (Å²) in [6.07, 6.45) is 6.43. The molecular weight excluding hydrogens is 320 g/mol. The van der Waals surface area contributed by atoms with Crippen molar-refractivity contribution in [1.82, 2.24) is 14.7 Å². The molecule has 2 N–H and O–H groups in total. The summed E-state index contributed by atoms with van der Waals surface area (Å²) in [6.45, 7) is 5.73. The Kier molecular flexibility index (Phi) is 5.21. The number of nitrogens with two attached hydrogens (primary N) is 1. The summed E-state index contributed by atoms with van der Waals surface area (Å²) >= 11 is 3.41. The molecule has 1 amide bonds. The second-order valence-electron chi connectivity index (χ2n) is 5.93. The third-order valence-electron chi connectivity index (χ3n) is 3.76. The summed E-state index contributed by atoms with van der Waals surface area (Å²) in [5.74, 6) is 0.548. The standard InChI is InChI=1S/C14H23BrN4O/c1-10(2)7-13(16)14(20)18-5-3-12(4-6-18)19-9-11(15)8-17-19/h8-10,12-13H,3-7,16H2,1-2H3/t13-/m0/s1. The van der Waals surface area contributed by atoms with Gasteiger partial charge in [-0.2, -0.15) is 5.10 Å². The lowest BCUT2D eigenvalue weighted by atomic mass is 10.0. The Labute approximate surface area is 128 Å². The molecule has 112 valence electrons. The van der Waals surface area contributed by atoms with Crippen LogP contribution >= 0.6 is 15.9 Å². The smallest absolute Gasteiger partial charge is 0.239 e. The highest BCUT2D eigenvalue weighted by Gasteiger charge is 2.27. The van der Waals surface area contributed by atoms with Gasteiger partial charge < -0.3 is 10.6 Å². The second kappa shape index (κ2) is 6.72. The van der Waals surface area contributed by atoms with Gasteiger partial charge >= 0.3 is 0 Å². The molecule has 0 spiro atoms. The molecule has 6 heteroatoms. The molecule has 5 nitrogen and oxygen atoms in total. The third kappa shape index (κ3) is 3.82. The fourth-order valence-corrected chi connectivity index (χ4v) is 3.01. The van der Waals surface area contributed by atoms with Crippen molar-refractivity contribution in [2.24, 2.45) is 11.7 Å². The van der Waals surface area contributed by atoms with E-state index in [1.807, 2.05) is 15.8 Å². The maximum absolute atomic E-state index is 12.3. The van der Waals surface area contributed by atoms with Crippen LogP contribution in [0.5, 0.6) is 0 Å². The minimum absolute atomic E-state index is 0.0961. The molecule has 2 rings (SSSR count). The van der Waals surface area contributed by atoms with E-state index in [4.69, 9.17) is 5.73 Å². The van der Waals surface area contributed by atoms with Crippen molar-refractivity contribution in [1.29, 1.82) is 0 Å². The lowest BCUT2D eigenvalue weighted by molar-refractivity contribution is -0.134. The summed E-state index contributed by atoms with van der Waals surface area (Å²) in [4.78, 5) is 14.2. The van der Waals surface area contributed by atoms with Crippen LogP contribution in [0.25, 0.3) is 0 Å². The number of piperidine rings is 1. The SMILES string of the molecule is CC(C)C[C@H](N)C(=O)N1CCC(n2cc(Br)cn2)CC1. The van der Waals surface area contributed by atoms with Crippen LogP contribution in [0.2, 0.25) is 0 Å². The van der Waals surface area contributed by atoms with E-state index >= 15 is 0 Å². The number of amides is 1. The first kappa shape index (κ1) is 15.5. The van der Waals surface area contributed by atoms with Crippen molar-refractivity contribution in [3.63, 3.8) is 0 Å². The first-order chi connectivity index (χ1) is 9.47. The maximum Gasteiger partial charge on any atom is 0.239 e. The predicted molar refractivity (Wildman–Crippen MR) is 82.2 cm³/mol. The van der Waals surface area contributed by atoms with E-state index in [9.17, 15) is 4.79 Å². The fraction of sp³-hybridized carbons (Fsp3) is 0.714. The van der Waals surface area contributed by atoms with Crippen LogP contribution < -0.4 is 5.73 Å². The van der Waals surface area contributed by atoms with Gasteiger partial charge in [-0.1, -0.05) is 13.8 Å². The predicted octanol–water partition coefficient (Wildman–Crippen LogP) is 2.18. The van der Waals surface area contributed by atoms with Gasteiger partial charge in [0.15, 0.2) is 0 Å². The Balaban J connectivity index is 1.86. The van der Waals surface area contributed by atoms with Gasteiger partial charge in [0.2, 0.25) is 5.91 Å². The van der Waals surface area contributed by atoms with Crippen molar-refractivity contribution >= 4 is 21.8 Å². The molecule has 0 aliphatic carbocycles. The summed E-state index contributed by atoms with van der Waals surface area (Å²) in [5.41, 5.74) is 5.98. The lowest BCUT2D eigenvalue weighted by Crippen LogP contribution is -2.47. The van der Waals surface area contributed by atoms with Crippen LogP contribution in [0, 0.1) is 5.92 Å². The molecule has 0 saturated carbocycles. The number of carbonyl (C=O) groups is 1. The van der Waals surface area contributed by atoms with Crippen LogP contribution in [-0.2, 0) is 4.79 Å². The van der Waals surface area contributed by atoms with Crippen molar-refractivity contribution in [2.75, 3.05) is 13.1 Å². The Morgan fingerprint density at radius 2 is 2.15 bits per heavy atom. The summed E-state index contributed by atoms with van der Waals surface area (Å²) in [6, 6.07) is 0.0251. The largest absolute Gasteiger partial charge is 0.341 e. The van der Waals surface area contributed by atoms with Gasteiger partial charge in [0.1, 0.15) is 0 Å². The normalized spacial score (nSPS) is 18.6. The van der Waals surface area contributed by atoms with Crippen molar-refractivity contribution in [3.05, 3.63) is 16.9 Å². The number of carbonyl (C=O) groups excluding carboxylic acids is 1. The van der Waals surface area contributed by atoms with Gasteiger partial charge in [-0.15, -0.1) is 0 Å². The first-order valence-electron chi connectivity index (χ1n) is 7.21. The van der Waals surface area contributed by atoms with Crippen LogP contribution in [0.15, 0.2) is 16.9 Å². The number of rotatable bonds is 4. The van der Waals surface area contributed by atoms with Crippen LogP contribution in [0.3, 0.4) is 0 Å². The fourth-order valence-electron chi connectivity index (χ4n) is 2.71. The number of nitrogens with zero attached hydrogens (tertiary/aromatic N) is 3. The highest BCUT2D eigenvalue weighted by molar-refractivity contribution is 9.10. The monoisotopic (exact) mass is 342 g/mol. The minimum atomic E-state index is -0.356. The van der Waals surface area contributed by atoms with Gasteiger partial charge in [-0.3, -0.25) is 9.48 Å². The average Bonchev–Trinajstić information content (AvgIpc) is 2.84. The van der Waals surface area contributed by atoms with Gasteiger partial charge in [-0.25, -0.2) is 0 Å². The second-order valence-corrected chi connectivity index (χ2v) is 6.85. The van der Waals surface area contributed by atoms with Crippen LogP contribution in [0.1, 0.15) is 39.2 Å². The van der Waals surface area contributed by atoms with Gasteiger partial charge in [0.05, 0.1) is 22.8 Å². The van der Waals surface area contributed by atoms with E-state index in [0.29, 0.717) is 12.0 Å². The summed E-state index contributed by atoms with van der Waals surface area (Å²) in [7, 11) is 0. The Hall–Kier alpha value is -0.880. The van der Waals surface area contributed by atoms with E-state index in [1.54, 1.807) is 6.20 Å². The Morgan fingerprint density at radius 3 is 2.65 bits per heavy atom. The zero-order valence-electron chi connectivity index (χ0n) is 12.1. The van der Waals surface area contributed by atoms with Gasteiger partial charge in [-0.05, 0) is 41.1 Å². The molecule has 20 heavy (non-hydrogen) atoms. The van der Waals surface area contributed by atoms with E-state index in [0.717, 1.165) is 36.8 Å². The summed E-state index contributed by atoms with van der Waals surface area (Å²) < 4.78 is 2.98. The van der Waals surface area contributed by atoms with Crippen LogP contribution in [-0.4, -0.2) is 39.7 Å². The molecular formula is C14H23BrN4O. The minimum Gasteiger partial charge on any atom is -0.341 e. The van der Waals surface area contributed by atoms with Gasteiger partial charge in [0, 0.05) is 19.3 Å². The molecule has 1 atom stereocenters. The highest BCUT2D eigenvalue weighted by Crippen LogP contribution is 2.23. The van der Waals surface area contributed by atoms with Crippen molar-refractivity contribution in [3.8, 4) is 0 Å². The molecule has 1 aliphatic heterocycles.